The number of rotatable bonds is 1. The Morgan fingerprint density at radius 1 is 1.33 bits per heavy atom. The number of aliphatic hydroxyl groups excluding tert-OH is 1. The Bertz CT molecular complexity index is 817. The van der Waals surface area contributed by atoms with Gasteiger partial charge in [0, 0.05) is 11.9 Å². The molecule has 0 bridgehead atoms. The van der Waals surface area contributed by atoms with Crippen LogP contribution in [0.5, 0.6) is 5.75 Å². The summed E-state index contributed by atoms with van der Waals surface area (Å²) in [4.78, 5) is 12.0. The van der Waals surface area contributed by atoms with Crippen molar-refractivity contribution in [1.82, 2.24) is 9.88 Å². The summed E-state index contributed by atoms with van der Waals surface area (Å²) in [5, 5.41) is 24.4. The molecule has 2 atom stereocenters. The zero-order valence-electron chi connectivity index (χ0n) is 14.7. The quantitative estimate of drug-likeness (QED) is 0.750. The molecule has 24 heavy (non-hydrogen) atoms. The first-order chi connectivity index (χ1) is 11.1. The summed E-state index contributed by atoms with van der Waals surface area (Å²) in [7, 11) is 0. The van der Waals surface area contributed by atoms with Gasteiger partial charge >= 0.3 is 6.09 Å². The number of nitrogens with zero attached hydrogens (tertiary/aromatic N) is 1. The van der Waals surface area contributed by atoms with E-state index in [0.29, 0.717) is 6.54 Å². The maximum absolute atomic E-state index is 12.0. The van der Waals surface area contributed by atoms with E-state index in [1.54, 1.807) is 26.8 Å². The summed E-state index contributed by atoms with van der Waals surface area (Å²) in [5.74, 6) is 0.216. The number of carbonyl (C=O) groups excluding carboxylic acids is 1. The topological polar surface area (TPSA) is 83.7 Å². The van der Waals surface area contributed by atoms with Crippen molar-refractivity contribution in [2.24, 2.45) is 0 Å². The first kappa shape index (κ1) is 16.6. The number of ether oxygens (including phenoxy) is 1. The van der Waals surface area contributed by atoms with Crippen LogP contribution in [0.3, 0.4) is 0 Å². The largest absolute Gasteiger partial charge is 0.507 e. The maximum Gasteiger partial charge on any atom is 0.408 e. The molecule has 1 aromatic heterocycles. The minimum Gasteiger partial charge on any atom is -0.507 e. The van der Waals surface area contributed by atoms with Crippen molar-refractivity contribution < 1.29 is 19.7 Å². The Morgan fingerprint density at radius 3 is 2.62 bits per heavy atom. The minimum absolute atomic E-state index is 0.216. The number of nitrogens with one attached hydrogen (secondary N) is 1. The van der Waals surface area contributed by atoms with E-state index in [1.165, 1.54) is 0 Å². The monoisotopic (exact) mass is 332 g/mol. The first-order valence-corrected chi connectivity index (χ1v) is 8.08. The maximum atomic E-state index is 12.0. The molecule has 1 amide bonds. The fraction of sp³-hybridized carbons (Fsp3) is 0.500. The number of amides is 1. The van der Waals surface area contributed by atoms with E-state index in [1.807, 2.05) is 24.5 Å². The molecule has 0 unspecified atom stereocenters. The van der Waals surface area contributed by atoms with Crippen LogP contribution in [0.2, 0.25) is 0 Å². The van der Waals surface area contributed by atoms with Gasteiger partial charge in [-0.3, -0.25) is 0 Å². The Balaban J connectivity index is 1.93. The van der Waals surface area contributed by atoms with Crippen LogP contribution in [0.1, 0.15) is 43.7 Å². The van der Waals surface area contributed by atoms with Crippen molar-refractivity contribution in [2.45, 2.75) is 58.9 Å². The normalized spacial score (nSPS) is 20.2. The molecule has 0 radical (unpaired) electrons. The summed E-state index contributed by atoms with van der Waals surface area (Å²) < 4.78 is 7.23. The summed E-state index contributed by atoms with van der Waals surface area (Å²) in [5.41, 5.74) is 2.79. The van der Waals surface area contributed by atoms with Gasteiger partial charge in [0.25, 0.3) is 0 Å². The van der Waals surface area contributed by atoms with Crippen molar-refractivity contribution in [3.63, 3.8) is 0 Å². The second-order valence-corrected chi connectivity index (χ2v) is 7.50. The van der Waals surface area contributed by atoms with E-state index in [-0.39, 0.29) is 5.75 Å². The second kappa shape index (κ2) is 5.41. The zero-order valence-corrected chi connectivity index (χ0v) is 14.7. The minimum atomic E-state index is -0.843. The predicted molar refractivity (Wildman–Crippen MR) is 91.2 cm³/mol. The third-order valence-electron chi connectivity index (χ3n) is 4.32. The molecule has 1 aliphatic heterocycles. The van der Waals surface area contributed by atoms with E-state index in [9.17, 15) is 15.0 Å². The van der Waals surface area contributed by atoms with Crippen LogP contribution in [0, 0.1) is 13.8 Å². The number of benzene rings is 1. The van der Waals surface area contributed by atoms with Crippen molar-refractivity contribution in [3.05, 3.63) is 29.0 Å². The van der Waals surface area contributed by atoms with Crippen LogP contribution in [0.15, 0.2) is 12.1 Å². The van der Waals surface area contributed by atoms with E-state index in [4.69, 9.17) is 4.74 Å². The molecular weight excluding hydrogens is 308 g/mol. The molecule has 0 fully saturated rings. The molecule has 1 aliphatic rings. The number of alkyl carbamates (subject to hydrolysis) is 1. The number of phenolic OH excluding ortho intramolecular Hbond substituents is 1. The van der Waals surface area contributed by atoms with Crippen molar-refractivity contribution in [2.75, 3.05) is 0 Å². The van der Waals surface area contributed by atoms with E-state index in [0.717, 1.165) is 27.7 Å². The Morgan fingerprint density at radius 2 is 2.00 bits per heavy atom. The number of aromatic nitrogens is 1. The van der Waals surface area contributed by atoms with Gasteiger partial charge < -0.3 is 24.8 Å². The van der Waals surface area contributed by atoms with Gasteiger partial charge in [-0.25, -0.2) is 4.79 Å². The average Bonchev–Trinajstić information content (AvgIpc) is 2.85. The van der Waals surface area contributed by atoms with Crippen LogP contribution < -0.4 is 5.32 Å². The SMILES string of the molecule is Cc1cc(O)c2c(C)c3n(c2c1)C[C@H](NC(=O)OC(C)(C)C)[C@@H]3O. The highest BCUT2D eigenvalue weighted by atomic mass is 16.6. The fourth-order valence-electron chi connectivity index (χ4n) is 3.45. The van der Waals surface area contributed by atoms with E-state index < -0.39 is 23.8 Å². The summed E-state index contributed by atoms with van der Waals surface area (Å²) >= 11 is 0. The molecule has 6 heteroatoms. The number of phenols is 1. The number of fused-ring (bicyclic) bond motifs is 3. The lowest BCUT2D eigenvalue weighted by molar-refractivity contribution is 0.0436. The lowest BCUT2D eigenvalue weighted by Gasteiger charge is -2.23. The van der Waals surface area contributed by atoms with Crippen LogP contribution in [0.4, 0.5) is 4.79 Å². The number of hydrogen-bond acceptors (Lipinski definition) is 4. The van der Waals surface area contributed by atoms with Gasteiger partial charge in [-0.1, -0.05) is 0 Å². The molecule has 2 aromatic rings. The van der Waals surface area contributed by atoms with Gasteiger partial charge in [-0.05, 0) is 57.9 Å². The standard InChI is InChI=1S/C18H24N2O4/c1-9-6-12-14(13(21)7-9)10(2)15-16(22)11(8-20(12)15)19-17(23)24-18(3,4)5/h6-7,11,16,21-22H,8H2,1-5H3,(H,19,23)/t11-,16-/m0/s1. The van der Waals surface area contributed by atoms with Crippen LogP contribution in [-0.4, -0.2) is 32.5 Å². The van der Waals surface area contributed by atoms with Gasteiger partial charge in [0.2, 0.25) is 0 Å². The number of carbonyl (C=O) groups is 1. The van der Waals surface area contributed by atoms with Gasteiger partial charge in [-0.2, -0.15) is 0 Å². The summed E-state index contributed by atoms with van der Waals surface area (Å²) in [6.07, 6.45) is -1.39. The summed E-state index contributed by atoms with van der Waals surface area (Å²) in [6.45, 7) is 9.61. The first-order valence-electron chi connectivity index (χ1n) is 8.08. The Hall–Kier alpha value is -2.21. The van der Waals surface area contributed by atoms with Crippen molar-refractivity contribution in [3.8, 4) is 5.75 Å². The zero-order chi connectivity index (χ0) is 17.8. The number of aromatic hydroxyl groups is 1. The highest BCUT2D eigenvalue weighted by Crippen LogP contribution is 2.40. The molecule has 0 aliphatic carbocycles. The van der Waals surface area contributed by atoms with Gasteiger partial charge in [0.1, 0.15) is 17.5 Å². The van der Waals surface area contributed by atoms with Gasteiger partial charge in [-0.15, -0.1) is 0 Å². The average molecular weight is 332 g/mol. The van der Waals surface area contributed by atoms with Crippen LogP contribution >= 0.6 is 0 Å². The molecular formula is C18H24N2O4. The highest BCUT2D eigenvalue weighted by Gasteiger charge is 2.37. The highest BCUT2D eigenvalue weighted by molar-refractivity contribution is 5.92. The number of hydrogen-bond donors (Lipinski definition) is 3. The number of aryl methyl sites for hydroxylation is 2. The lowest BCUT2D eigenvalue weighted by atomic mass is 10.0. The molecule has 3 N–H and O–H groups in total. The molecule has 2 heterocycles. The fourth-order valence-corrected chi connectivity index (χ4v) is 3.45. The van der Waals surface area contributed by atoms with Crippen LogP contribution in [-0.2, 0) is 11.3 Å². The molecule has 1 aromatic carbocycles. The van der Waals surface area contributed by atoms with Gasteiger partial charge in [0.05, 0.1) is 17.3 Å². The molecule has 3 rings (SSSR count). The number of aliphatic hydroxyl groups is 1. The Kier molecular flexibility index (Phi) is 3.75. The molecule has 6 nitrogen and oxygen atoms in total. The summed E-state index contributed by atoms with van der Waals surface area (Å²) in [6, 6.07) is 3.24. The predicted octanol–water partition coefficient (Wildman–Crippen LogP) is 2.90. The van der Waals surface area contributed by atoms with Crippen LogP contribution in [0.25, 0.3) is 10.9 Å². The van der Waals surface area contributed by atoms with E-state index in [2.05, 4.69) is 5.32 Å². The molecule has 0 spiro atoms. The smallest absolute Gasteiger partial charge is 0.408 e. The molecule has 0 saturated carbocycles. The third-order valence-corrected chi connectivity index (χ3v) is 4.32. The van der Waals surface area contributed by atoms with Gasteiger partial charge in [0.15, 0.2) is 0 Å². The lowest BCUT2D eigenvalue weighted by Crippen LogP contribution is -2.41. The molecule has 130 valence electrons. The van der Waals surface area contributed by atoms with Crippen molar-refractivity contribution in [1.29, 1.82) is 0 Å². The Labute approximate surface area is 141 Å². The third kappa shape index (κ3) is 2.71. The van der Waals surface area contributed by atoms with Crippen molar-refractivity contribution >= 4 is 17.0 Å². The van der Waals surface area contributed by atoms with E-state index >= 15 is 0 Å². The molecule has 0 saturated heterocycles. The second-order valence-electron chi connectivity index (χ2n) is 7.50.